The fraction of sp³-hybridized carbons (Fsp3) is 0.164. The Morgan fingerprint density at radius 3 is 1.95 bits per heavy atom. The lowest BCUT2D eigenvalue weighted by molar-refractivity contribution is 0.652. The number of benzene rings is 8. The molecule has 0 bridgehead atoms. The van der Waals surface area contributed by atoms with Crippen LogP contribution in [0.2, 0.25) is 0 Å². The van der Waals surface area contributed by atoms with Crippen molar-refractivity contribution in [2.45, 2.75) is 58.3 Å². The lowest BCUT2D eigenvalue weighted by atomic mass is 9.79. The maximum absolute atomic E-state index is 2.56. The molecule has 1 heteroatoms. The van der Waals surface area contributed by atoms with Crippen LogP contribution in [0, 0.1) is 6.92 Å². The molecule has 1 nitrogen and oxygen atoms in total. The number of hydrogen-bond donors (Lipinski definition) is 0. The second-order valence-electron chi connectivity index (χ2n) is 17.4. The van der Waals surface area contributed by atoms with Gasteiger partial charge in [-0.15, -0.1) is 0 Å². The van der Waals surface area contributed by atoms with Crippen LogP contribution in [0.3, 0.4) is 0 Å². The molecule has 0 aliphatic heterocycles. The zero-order chi connectivity index (χ0) is 37.9. The van der Waals surface area contributed by atoms with Crippen molar-refractivity contribution in [3.8, 4) is 33.4 Å². The summed E-state index contributed by atoms with van der Waals surface area (Å²) in [6.45, 7) is 11.9. The molecule has 56 heavy (non-hydrogen) atoms. The van der Waals surface area contributed by atoms with Crippen molar-refractivity contribution in [2.75, 3.05) is 4.90 Å². The summed E-state index contributed by atoms with van der Waals surface area (Å²) in [5.74, 6) is 0. The molecule has 0 atom stereocenters. The van der Waals surface area contributed by atoms with Crippen molar-refractivity contribution >= 4 is 44.7 Å². The standard InChI is InChI=1S/C55H45N/c1-34-19-22-40(23-20-34)56(41-24-21-38-27-36-15-9-10-16-37(36)28-39(38)29-41)42-25-26-44-47-32-51-48(33-50(47)54(2,3)49(44)30-42)53-45-18-12-11-17-43(45)46(31-52(53)55(51,4)5)35-13-7-6-8-14-35/h6-8,10-14,16-33H,9,15H2,1-5H3. The van der Waals surface area contributed by atoms with E-state index in [0.29, 0.717) is 0 Å². The average Bonchev–Trinajstić information content (AvgIpc) is 3.58. The quantitative estimate of drug-likeness (QED) is 0.175. The summed E-state index contributed by atoms with van der Waals surface area (Å²) < 4.78 is 0. The largest absolute Gasteiger partial charge is 0.310 e. The van der Waals surface area contributed by atoms with E-state index in [1.165, 1.54) is 111 Å². The normalized spacial score (nSPS) is 15.3. The first kappa shape index (κ1) is 33.2. The van der Waals surface area contributed by atoms with Gasteiger partial charge in [0.1, 0.15) is 0 Å². The lowest BCUT2D eigenvalue weighted by Crippen LogP contribution is -2.17. The molecule has 8 aromatic rings. The smallest absolute Gasteiger partial charge is 0.0468 e. The van der Waals surface area contributed by atoms with Gasteiger partial charge in [-0.3, -0.25) is 0 Å². The number of anilines is 3. The number of hydrogen-bond acceptors (Lipinski definition) is 1. The van der Waals surface area contributed by atoms with E-state index < -0.39 is 0 Å². The topological polar surface area (TPSA) is 3.24 Å². The molecule has 8 aromatic carbocycles. The first-order valence-electron chi connectivity index (χ1n) is 20.2. The van der Waals surface area contributed by atoms with Gasteiger partial charge in [0.05, 0.1) is 0 Å². The second-order valence-corrected chi connectivity index (χ2v) is 17.4. The van der Waals surface area contributed by atoms with Gasteiger partial charge in [-0.1, -0.05) is 130 Å². The molecule has 0 fully saturated rings. The second kappa shape index (κ2) is 11.9. The maximum Gasteiger partial charge on any atom is 0.0468 e. The van der Waals surface area contributed by atoms with Gasteiger partial charge in [0.2, 0.25) is 0 Å². The van der Waals surface area contributed by atoms with Crippen molar-refractivity contribution < 1.29 is 0 Å². The highest BCUT2D eigenvalue weighted by Gasteiger charge is 2.43. The third-order valence-electron chi connectivity index (χ3n) is 13.3. The number of rotatable bonds is 4. The Morgan fingerprint density at radius 1 is 0.482 bits per heavy atom. The Hall–Kier alpha value is -6.18. The van der Waals surface area contributed by atoms with Crippen LogP contribution in [0.15, 0.2) is 152 Å². The van der Waals surface area contributed by atoms with Crippen molar-refractivity contribution in [2.24, 2.45) is 0 Å². The zero-order valence-corrected chi connectivity index (χ0v) is 32.9. The number of allylic oxidation sites excluding steroid dienone is 1. The highest BCUT2D eigenvalue weighted by atomic mass is 15.1. The van der Waals surface area contributed by atoms with E-state index >= 15 is 0 Å². The molecule has 11 rings (SSSR count). The van der Waals surface area contributed by atoms with Gasteiger partial charge in [0, 0.05) is 27.9 Å². The van der Waals surface area contributed by atoms with E-state index in [1.54, 1.807) is 0 Å². The van der Waals surface area contributed by atoms with Crippen LogP contribution in [0.1, 0.15) is 73.1 Å². The molecule has 3 aliphatic rings. The van der Waals surface area contributed by atoms with Crippen LogP contribution in [-0.2, 0) is 17.3 Å². The van der Waals surface area contributed by atoms with E-state index in [2.05, 4.69) is 197 Å². The van der Waals surface area contributed by atoms with E-state index in [9.17, 15) is 0 Å². The van der Waals surface area contributed by atoms with Crippen LogP contribution >= 0.6 is 0 Å². The monoisotopic (exact) mass is 719 g/mol. The lowest BCUT2D eigenvalue weighted by Gasteiger charge is -2.28. The number of nitrogens with zero attached hydrogens (tertiary/aromatic N) is 1. The molecule has 0 heterocycles. The van der Waals surface area contributed by atoms with Crippen LogP contribution in [0.4, 0.5) is 17.1 Å². The maximum atomic E-state index is 2.56. The number of fused-ring (bicyclic) bond motifs is 10. The van der Waals surface area contributed by atoms with Crippen LogP contribution < -0.4 is 4.90 Å². The summed E-state index contributed by atoms with van der Waals surface area (Å²) in [5.41, 5.74) is 21.0. The summed E-state index contributed by atoms with van der Waals surface area (Å²) in [6, 6.07) is 55.5. The predicted octanol–water partition coefficient (Wildman–Crippen LogP) is 15.0. The van der Waals surface area contributed by atoms with Gasteiger partial charge in [-0.05, 0) is 169 Å². The van der Waals surface area contributed by atoms with Gasteiger partial charge in [0.15, 0.2) is 0 Å². The summed E-state index contributed by atoms with van der Waals surface area (Å²) in [4.78, 5) is 2.45. The molecule has 0 spiro atoms. The molecule has 0 aromatic heterocycles. The van der Waals surface area contributed by atoms with Gasteiger partial charge in [-0.2, -0.15) is 0 Å². The SMILES string of the molecule is Cc1ccc(N(c2ccc3c(c2)C(C)(C)c2cc4c(cc2-3)C(C)(C)c2cc(-c3ccccc3)c3ccccc3c2-4)c2ccc3cc4c(cc3c2)C=CCC4)cc1. The highest BCUT2D eigenvalue weighted by Crippen LogP contribution is 2.58. The summed E-state index contributed by atoms with van der Waals surface area (Å²) in [6.07, 6.45) is 6.84. The Kier molecular flexibility index (Phi) is 7.06. The molecule has 0 amide bonds. The molecule has 3 aliphatic carbocycles. The summed E-state index contributed by atoms with van der Waals surface area (Å²) in [7, 11) is 0. The van der Waals surface area contributed by atoms with E-state index in [4.69, 9.17) is 0 Å². The highest BCUT2D eigenvalue weighted by molar-refractivity contribution is 6.09. The minimum atomic E-state index is -0.184. The van der Waals surface area contributed by atoms with Gasteiger partial charge < -0.3 is 4.90 Å². The Bertz CT molecular complexity index is 2960. The minimum absolute atomic E-state index is 0.145. The van der Waals surface area contributed by atoms with Crippen molar-refractivity contribution in [3.05, 3.63) is 191 Å². The molecule has 0 unspecified atom stereocenters. The van der Waals surface area contributed by atoms with Gasteiger partial charge in [-0.25, -0.2) is 0 Å². The Labute approximate surface area is 330 Å². The molecular weight excluding hydrogens is 675 g/mol. The third kappa shape index (κ3) is 4.80. The fourth-order valence-corrected chi connectivity index (χ4v) is 10.2. The molecule has 0 N–H and O–H groups in total. The van der Waals surface area contributed by atoms with Gasteiger partial charge in [0.25, 0.3) is 0 Å². The predicted molar refractivity (Wildman–Crippen MR) is 239 cm³/mol. The third-order valence-corrected chi connectivity index (χ3v) is 13.3. The van der Waals surface area contributed by atoms with Crippen molar-refractivity contribution in [3.63, 3.8) is 0 Å². The first-order valence-corrected chi connectivity index (χ1v) is 20.2. The molecular formula is C55H45N. The first-order chi connectivity index (χ1) is 27.2. The Balaban J connectivity index is 1.06. The van der Waals surface area contributed by atoms with E-state index in [0.717, 1.165) is 12.8 Å². The van der Waals surface area contributed by atoms with Crippen molar-refractivity contribution in [1.82, 2.24) is 0 Å². The Morgan fingerprint density at radius 2 is 1.12 bits per heavy atom. The molecule has 0 saturated carbocycles. The fourth-order valence-electron chi connectivity index (χ4n) is 10.2. The van der Waals surface area contributed by atoms with Crippen molar-refractivity contribution in [1.29, 1.82) is 0 Å². The average molecular weight is 720 g/mol. The van der Waals surface area contributed by atoms with Crippen LogP contribution in [0.5, 0.6) is 0 Å². The summed E-state index contributed by atoms with van der Waals surface area (Å²) >= 11 is 0. The van der Waals surface area contributed by atoms with Gasteiger partial charge >= 0.3 is 0 Å². The van der Waals surface area contributed by atoms with Crippen LogP contribution in [0.25, 0.3) is 61.0 Å². The molecule has 0 radical (unpaired) electrons. The molecule has 0 saturated heterocycles. The number of aryl methyl sites for hydroxylation is 2. The summed E-state index contributed by atoms with van der Waals surface area (Å²) in [5, 5.41) is 5.24. The van der Waals surface area contributed by atoms with E-state index in [1.807, 2.05) is 0 Å². The minimum Gasteiger partial charge on any atom is -0.310 e. The van der Waals surface area contributed by atoms with E-state index in [-0.39, 0.29) is 10.8 Å². The van der Waals surface area contributed by atoms with Crippen LogP contribution in [-0.4, -0.2) is 0 Å². The molecule has 270 valence electrons. The zero-order valence-electron chi connectivity index (χ0n) is 32.9.